The summed E-state index contributed by atoms with van der Waals surface area (Å²) in [6, 6.07) is 2.27. The van der Waals surface area contributed by atoms with E-state index in [-0.39, 0.29) is 5.88 Å². The van der Waals surface area contributed by atoms with Crippen molar-refractivity contribution in [2.75, 3.05) is 5.32 Å². The van der Waals surface area contributed by atoms with Crippen LogP contribution in [-0.4, -0.2) is 27.2 Å². The summed E-state index contributed by atoms with van der Waals surface area (Å²) in [4.78, 5) is 14.0. The number of rotatable bonds is 3. The Morgan fingerprint density at radius 1 is 1.62 bits per heavy atom. The normalized spacial score (nSPS) is 12.1. The van der Waals surface area contributed by atoms with Crippen LogP contribution in [0.5, 0.6) is 5.88 Å². The highest BCUT2D eigenvalue weighted by Gasteiger charge is 2.09. The Hall–Kier alpha value is -1.78. The number of nitrogens with one attached hydrogen (secondary N) is 1. The van der Waals surface area contributed by atoms with E-state index in [1.165, 1.54) is 19.2 Å². The highest BCUT2D eigenvalue weighted by atomic mass is 16.4. The van der Waals surface area contributed by atoms with Crippen LogP contribution in [0.3, 0.4) is 0 Å². The number of aromatic nitrogens is 1. The third-order valence-electron chi connectivity index (χ3n) is 1.50. The molecule has 0 spiro atoms. The highest BCUT2D eigenvalue weighted by Crippen LogP contribution is 2.10. The van der Waals surface area contributed by atoms with Crippen LogP contribution in [0, 0.1) is 0 Å². The number of aromatic hydroxyl groups is 1. The number of nitrogens with zero attached hydrogens (tertiary/aromatic N) is 1. The Kier molecular flexibility index (Phi) is 2.69. The Labute approximate surface area is 75.0 Å². The Balaban J connectivity index is 2.64. The first-order chi connectivity index (χ1) is 6.09. The highest BCUT2D eigenvalue weighted by molar-refractivity contribution is 5.76. The van der Waals surface area contributed by atoms with Gasteiger partial charge in [-0.25, -0.2) is 4.98 Å². The zero-order chi connectivity index (χ0) is 9.84. The predicted octanol–water partition coefficient (Wildman–Crippen LogP) is 0.672. The largest absolute Gasteiger partial charge is 0.493 e. The molecule has 1 heterocycles. The van der Waals surface area contributed by atoms with Crippen molar-refractivity contribution in [3.05, 3.63) is 18.3 Å². The molecule has 0 aliphatic rings. The van der Waals surface area contributed by atoms with Gasteiger partial charge in [0.25, 0.3) is 0 Å². The molecule has 70 valence electrons. The average Bonchev–Trinajstić information content (AvgIpc) is 2.08. The third kappa shape index (κ3) is 2.62. The van der Waals surface area contributed by atoms with Crippen LogP contribution >= 0.6 is 0 Å². The molecule has 5 heteroatoms. The van der Waals surface area contributed by atoms with Crippen molar-refractivity contribution in [3.63, 3.8) is 0 Å². The first kappa shape index (κ1) is 9.31. The fourth-order valence-corrected chi connectivity index (χ4v) is 0.783. The maximum Gasteiger partial charge on any atom is 0.325 e. The minimum Gasteiger partial charge on any atom is -0.493 e. The minimum atomic E-state index is -0.937. The lowest BCUT2D eigenvalue weighted by molar-refractivity contribution is -0.137. The molecule has 1 atom stereocenters. The lowest BCUT2D eigenvalue weighted by atomic mass is 10.3. The van der Waals surface area contributed by atoms with E-state index in [0.717, 1.165) is 0 Å². The average molecular weight is 182 g/mol. The molecule has 0 saturated carbocycles. The molecule has 0 amide bonds. The Bertz CT molecular complexity index is 297. The molecule has 1 aromatic heterocycles. The monoisotopic (exact) mass is 182 g/mol. The Morgan fingerprint density at radius 3 is 2.77 bits per heavy atom. The van der Waals surface area contributed by atoms with Crippen LogP contribution in [0.1, 0.15) is 6.92 Å². The third-order valence-corrected chi connectivity index (χ3v) is 1.50. The van der Waals surface area contributed by atoms with Crippen LogP contribution in [0.2, 0.25) is 0 Å². The van der Waals surface area contributed by atoms with Crippen LogP contribution in [0.4, 0.5) is 5.69 Å². The number of pyridine rings is 1. The van der Waals surface area contributed by atoms with Gasteiger partial charge in [0.05, 0.1) is 11.9 Å². The molecule has 1 aromatic rings. The molecule has 5 nitrogen and oxygen atoms in total. The first-order valence-corrected chi connectivity index (χ1v) is 3.74. The van der Waals surface area contributed by atoms with Crippen LogP contribution < -0.4 is 5.32 Å². The molecule has 3 N–H and O–H groups in total. The number of carboxylic acids is 1. The van der Waals surface area contributed by atoms with Gasteiger partial charge < -0.3 is 15.5 Å². The summed E-state index contributed by atoms with van der Waals surface area (Å²) in [5, 5.41) is 20.1. The molecule has 0 aliphatic carbocycles. The smallest absolute Gasteiger partial charge is 0.325 e. The second-order valence-electron chi connectivity index (χ2n) is 2.61. The molecular weight excluding hydrogens is 172 g/mol. The van der Waals surface area contributed by atoms with Gasteiger partial charge in [-0.05, 0) is 13.0 Å². The van der Waals surface area contributed by atoms with Gasteiger partial charge >= 0.3 is 5.97 Å². The zero-order valence-corrected chi connectivity index (χ0v) is 7.06. The second kappa shape index (κ2) is 3.75. The summed E-state index contributed by atoms with van der Waals surface area (Å²) in [5.41, 5.74) is 0.563. The maximum atomic E-state index is 10.4. The standard InChI is InChI=1S/C8H10N2O3/c1-5(8(12)13)10-6-2-3-7(11)9-4-6/h2-5,10H,1H3,(H,9,11)(H,12,13). The molecule has 0 bridgehead atoms. The van der Waals surface area contributed by atoms with Crippen molar-refractivity contribution >= 4 is 11.7 Å². The molecular formula is C8H10N2O3. The van der Waals surface area contributed by atoms with Crippen molar-refractivity contribution in [2.24, 2.45) is 0 Å². The molecule has 0 aliphatic heterocycles. The summed E-state index contributed by atoms with van der Waals surface area (Å²) in [6.07, 6.45) is 1.37. The number of aliphatic carboxylic acids is 1. The lowest BCUT2D eigenvalue weighted by Gasteiger charge is -2.09. The van der Waals surface area contributed by atoms with Crippen LogP contribution in [0.15, 0.2) is 18.3 Å². The molecule has 0 radical (unpaired) electrons. The van der Waals surface area contributed by atoms with E-state index in [0.29, 0.717) is 5.69 Å². The lowest BCUT2D eigenvalue weighted by Crippen LogP contribution is -2.25. The van der Waals surface area contributed by atoms with Crippen molar-refractivity contribution < 1.29 is 15.0 Å². The van der Waals surface area contributed by atoms with Gasteiger partial charge in [-0.1, -0.05) is 0 Å². The van der Waals surface area contributed by atoms with E-state index in [9.17, 15) is 4.79 Å². The Morgan fingerprint density at radius 2 is 2.31 bits per heavy atom. The molecule has 13 heavy (non-hydrogen) atoms. The van der Waals surface area contributed by atoms with E-state index in [1.807, 2.05) is 0 Å². The van der Waals surface area contributed by atoms with Crippen molar-refractivity contribution in [1.82, 2.24) is 4.98 Å². The number of carbonyl (C=O) groups is 1. The SMILES string of the molecule is CC(Nc1ccc(O)nc1)C(=O)O. The van der Waals surface area contributed by atoms with Gasteiger partial charge in [0.1, 0.15) is 6.04 Å². The van der Waals surface area contributed by atoms with Gasteiger partial charge in [0, 0.05) is 6.07 Å². The number of anilines is 1. The maximum absolute atomic E-state index is 10.4. The summed E-state index contributed by atoms with van der Waals surface area (Å²) < 4.78 is 0. The summed E-state index contributed by atoms with van der Waals surface area (Å²) in [5.74, 6) is -1.03. The topological polar surface area (TPSA) is 82.5 Å². The van der Waals surface area contributed by atoms with Gasteiger partial charge in [-0.2, -0.15) is 0 Å². The van der Waals surface area contributed by atoms with E-state index in [2.05, 4.69) is 10.3 Å². The van der Waals surface area contributed by atoms with E-state index < -0.39 is 12.0 Å². The molecule has 1 unspecified atom stereocenters. The summed E-state index contributed by atoms with van der Waals surface area (Å²) in [6.45, 7) is 1.52. The first-order valence-electron chi connectivity index (χ1n) is 3.74. The van der Waals surface area contributed by atoms with Crippen LogP contribution in [-0.2, 0) is 4.79 Å². The fourth-order valence-electron chi connectivity index (χ4n) is 0.783. The van der Waals surface area contributed by atoms with Gasteiger partial charge in [0.2, 0.25) is 5.88 Å². The predicted molar refractivity (Wildman–Crippen MR) is 46.6 cm³/mol. The van der Waals surface area contributed by atoms with Crippen molar-refractivity contribution in [3.8, 4) is 5.88 Å². The quantitative estimate of drug-likeness (QED) is 0.640. The molecule has 0 aromatic carbocycles. The van der Waals surface area contributed by atoms with Gasteiger partial charge in [0.15, 0.2) is 0 Å². The zero-order valence-electron chi connectivity index (χ0n) is 7.06. The second-order valence-corrected chi connectivity index (χ2v) is 2.61. The number of carboxylic acid groups (broad SMARTS) is 1. The van der Waals surface area contributed by atoms with E-state index >= 15 is 0 Å². The molecule has 0 fully saturated rings. The molecule has 0 saturated heterocycles. The molecule has 1 rings (SSSR count). The van der Waals surface area contributed by atoms with Crippen LogP contribution in [0.25, 0.3) is 0 Å². The number of hydrogen-bond donors (Lipinski definition) is 3. The van der Waals surface area contributed by atoms with Crippen molar-refractivity contribution in [2.45, 2.75) is 13.0 Å². The van der Waals surface area contributed by atoms with Gasteiger partial charge in [-0.3, -0.25) is 4.79 Å². The summed E-state index contributed by atoms with van der Waals surface area (Å²) >= 11 is 0. The van der Waals surface area contributed by atoms with E-state index in [4.69, 9.17) is 10.2 Å². The van der Waals surface area contributed by atoms with Crippen molar-refractivity contribution in [1.29, 1.82) is 0 Å². The summed E-state index contributed by atoms with van der Waals surface area (Å²) in [7, 11) is 0. The van der Waals surface area contributed by atoms with Gasteiger partial charge in [-0.15, -0.1) is 0 Å². The minimum absolute atomic E-state index is 0.0893. The number of hydrogen-bond acceptors (Lipinski definition) is 4. The van der Waals surface area contributed by atoms with E-state index in [1.54, 1.807) is 6.07 Å². The fraction of sp³-hybridized carbons (Fsp3) is 0.250.